The Morgan fingerprint density at radius 2 is 1.15 bits per heavy atom. The number of carbonyl (C=O) groups is 2. The molecular formula is C21H37N3O2. The molecule has 1 aliphatic carbocycles. The van der Waals surface area contributed by atoms with Gasteiger partial charge in [-0.3, -0.25) is 9.59 Å². The topological polar surface area (TPSA) is 52.7 Å². The van der Waals surface area contributed by atoms with Gasteiger partial charge in [-0.2, -0.15) is 0 Å². The first-order valence-electron chi connectivity index (χ1n) is 11.0. The van der Waals surface area contributed by atoms with E-state index < -0.39 is 0 Å². The van der Waals surface area contributed by atoms with Crippen molar-refractivity contribution in [2.75, 3.05) is 39.3 Å². The number of nitrogens with zero attached hydrogens (tertiary/aromatic N) is 2. The Balaban J connectivity index is 1.31. The summed E-state index contributed by atoms with van der Waals surface area (Å²) in [5.74, 6) is 2.07. The maximum Gasteiger partial charge on any atom is 0.222 e. The summed E-state index contributed by atoms with van der Waals surface area (Å²) in [7, 11) is 0. The molecular weight excluding hydrogens is 326 g/mol. The summed E-state index contributed by atoms with van der Waals surface area (Å²) in [6, 6.07) is 0. The molecule has 5 heteroatoms. The Bertz CT molecular complexity index is 406. The Kier molecular flexibility index (Phi) is 7.78. The summed E-state index contributed by atoms with van der Waals surface area (Å²) >= 11 is 0. The van der Waals surface area contributed by atoms with Gasteiger partial charge in [0, 0.05) is 39.0 Å². The molecule has 0 aromatic rings. The standard InChI is InChI=1S/C21H37N3O2/c25-20(8-6-18-4-2-1-3-5-18)23-14-16-24(17-15-23)21(26)9-7-19-10-12-22-13-11-19/h18-19,22H,1-17H2. The molecule has 26 heavy (non-hydrogen) atoms. The van der Waals surface area contributed by atoms with Crippen molar-refractivity contribution < 1.29 is 9.59 Å². The molecule has 1 N–H and O–H groups in total. The van der Waals surface area contributed by atoms with Gasteiger partial charge in [-0.05, 0) is 50.6 Å². The SMILES string of the molecule is O=C(CCC1CCCCC1)N1CCN(C(=O)CCC2CCNCC2)CC1. The van der Waals surface area contributed by atoms with Crippen molar-refractivity contribution in [1.29, 1.82) is 0 Å². The van der Waals surface area contributed by atoms with Crippen molar-refractivity contribution in [1.82, 2.24) is 15.1 Å². The summed E-state index contributed by atoms with van der Waals surface area (Å²) in [5.41, 5.74) is 0. The molecule has 0 aromatic carbocycles. The van der Waals surface area contributed by atoms with E-state index in [1.54, 1.807) is 0 Å². The fourth-order valence-electron chi connectivity index (χ4n) is 4.82. The molecule has 0 spiro atoms. The lowest BCUT2D eigenvalue weighted by Crippen LogP contribution is -2.50. The lowest BCUT2D eigenvalue weighted by Gasteiger charge is -2.35. The van der Waals surface area contributed by atoms with Crippen molar-refractivity contribution >= 4 is 11.8 Å². The van der Waals surface area contributed by atoms with Gasteiger partial charge in [-0.1, -0.05) is 32.1 Å². The molecule has 2 amide bonds. The molecule has 3 aliphatic rings. The van der Waals surface area contributed by atoms with Gasteiger partial charge < -0.3 is 15.1 Å². The quantitative estimate of drug-likeness (QED) is 0.789. The number of hydrogen-bond acceptors (Lipinski definition) is 3. The number of carbonyl (C=O) groups excluding carboxylic acids is 2. The van der Waals surface area contributed by atoms with Gasteiger partial charge in [0.1, 0.15) is 0 Å². The van der Waals surface area contributed by atoms with Crippen LogP contribution < -0.4 is 5.32 Å². The van der Waals surface area contributed by atoms with Crippen LogP contribution in [0.25, 0.3) is 0 Å². The van der Waals surface area contributed by atoms with Gasteiger partial charge in [-0.25, -0.2) is 0 Å². The first-order valence-corrected chi connectivity index (χ1v) is 11.0. The predicted octanol–water partition coefficient (Wildman–Crippen LogP) is 2.80. The van der Waals surface area contributed by atoms with E-state index in [1.165, 1.54) is 44.9 Å². The van der Waals surface area contributed by atoms with Crippen LogP contribution >= 0.6 is 0 Å². The van der Waals surface area contributed by atoms with E-state index in [0.29, 0.717) is 24.7 Å². The van der Waals surface area contributed by atoms with E-state index in [-0.39, 0.29) is 5.91 Å². The Morgan fingerprint density at radius 3 is 1.65 bits per heavy atom. The lowest BCUT2D eigenvalue weighted by molar-refractivity contribution is -0.140. The fourth-order valence-corrected chi connectivity index (χ4v) is 4.82. The third kappa shape index (κ3) is 5.97. The number of amides is 2. The maximum absolute atomic E-state index is 12.5. The van der Waals surface area contributed by atoms with Crippen LogP contribution in [0.3, 0.4) is 0 Å². The van der Waals surface area contributed by atoms with Crippen molar-refractivity contribution in [3.63, 3.8) is 0 Å². The average molecular weight is 364 g/mol. The van der Waals surface area contributed by atoms with Crippen molar-refractivity contribution in [2.45, 2.75) is 70.6 Å². The summed E-state index contributed by atoms with van der Waals surface area (Å²) in [6.45, 7) is 5.09. The second kappa shape index (κ2) is 10.3. The molecule has 0 bridgehead atoms. The minimum absolute atomic E-state index is 0.290. The van der Waals surface area contributed by atoms with Crippen LogP contribution in [-0.4, -0.2) is 60.9 Å². The summed E-state index contributed by atoms with van der Waals surface area (Å²) in [4.78, 5) is 28.9. The number of piperazine rings is 1. The Labute approximate surface area is 158 Å². The summed E-state index contributed by atoms with van der Waals surface area (Å²) in [5, 5.41) is 3.38. The molecule has 0 unspecified atom stereocenters. The van der Waals surface area contributed by atoms with Crippen molar-refractivity contribution in [3.05, 3.63) is 0 Å². The van der Waals surface area contributed by atoms with Gasteiger partial charge in [0.2, 0.25) is 11.8 Å². The van der Waals surface area contributed by atoms with Crippen molar-refractivity contribution in [2.24, 2.45) is 11.8 Å². The van der Waals surface area contributed by atoms with Crippen LogP contribution in [-0.2, 0) is 9.59 Å². The molecule has 3 fully saturated rings. The largest absolute Gasteiger partial charge is 0.339 e. The van der Waals surface area contributed by atoms with E-state index >= 15 is 0 Å². The van der Waals surface area contributed by atoms with E-state index in [9.17, 15) is 9.59 Å². The number of piperidine rings is 1. The van der Waals surface area contributed by atoms with Gasteiger partial charge in [0.05, 0.1) is 0 Å². The molecule has 148 valence electrons. The number of hydrogen-bond donors (Lipinski definition) is 1. The molecule has 0 atom stereocenters. The molecule has 0 aromatic heterocycles. The van der Waals surface area contributed by atoms with E-state index in [4.69, 9.17) is 0 Å². The summed E-state index contributed by atoms with van der Waals surface area (Å²) in [6.07, 6.45) is 12.6. The van der Waals surface area contributed by atoms with Crippen LogP contribution in [0.15, 0.2) is 0 Å². The smallest absolute Gasteiger partial charge is 0.222 e. The molecule has 5 nitrogen and oxygen atoms in total. The Hall–Kier alpha value is -1.10. The predicted molar refractivity (Wildman–Crippen MR) is 104 cm³/mol. The van der Waals surface area contributed by atoms with Gasteiger partial charge in [0.25, 0.3) is 0 Å². The second-order valence-electron chi connectivity index (χ2n) is 8.54. The molecule has 1 saturated carbocycles. The zero-order valence-electron chi connectivity index (χ0n) is 16.4. The molecule has 2 aliphatic heterocycles. The molecule has 3 rings (SSSR count). The lowest BCUT2D eigenvalue weighted by atomic mass is 9.86. The van der Waals surface area contributed by atoms with E-state index in [1.807, 2.05) is 9.80 Å². The zero-order chi connectivity index (χ0) is 18.2. The highest BCUT2D eigenvalue weighted by atomic mass is 16.2. The Morgan fingerprint density at radius 1 is 0.692 bits per heavy atom. The fraction of sp³-hybridized carbons (Fsp3) is 0.905. The average Bonchev–Trinajstić information content (AvgIpc) is 2.72. The third-order valence-corrected chi connectivity index (χ3v) is 6.70. The van der Waals surface area contributed by atoms with Crippen LogP contribution in [0.5, 0.6) is 0 Å². The van der Waals surface area contributed by atoms with Gasteiger partial charge >= 0.3 is 0 Å². The first kappa shape index (κ1) is 19.7. The second-order valence-corrected chi connectivity index (χ2v) is 8.54. The van der Waals surface area contributed by atoms with Crippen LogP contribution in [0.4, 0.5) is 0 Å². The van der Waals surface area contributed by atoms with E-state index in [2.05, 4.69) is 5.32 Å². The van der Waals surface area contributed by atoms with Crippen LogP contribution in [0, 0.1) is 11.8 Å². The monoisotopic (exact) mass is 363 g/mol. The molecule has 2 heterocycles. The van der Waals surface area contributed by atoms with Crippen molar-refractivity contribution in [3.8, 4) is 0 Å². The van der Waals surface area contributed by atoms with Crippen LogP contribution in [0.1, 0.15) is 70.6 Å². The third-order valence-electron chi connectivity index (χ3n) is 6.70. The zero-order valence-corrected chi connectivity index (χ0v) is 16.4. The first-order chi connectivity index (χ1) is 12.7. The van der Waals surface area contributed by atoms with Gasteiger partial charge in [0.15, 0.2) is 0 Å². The normalized spacial score (nSPS) is 23.2. The van der Waals surface area contributed by atoms with Gasteiger partial charge in [-0.15, -0.1) is 0 Å². The highest BCUT2D eigenvalue weighted by Gasteiger charge is 2.25. The highest BCUT2D eigenvalue weighted by molar-refractivity contribution is 5.78. The number of nitrogens with one attached hydrogen (secondary N) is 1. The van der Waals surface area contributed by atoms with E-state index in [0.717, 1.165) is 58.0 Å². The number of rotatable bonds is 6. The molecule has 0 radical (unpaired) electrons. The minimum Gasteiger partial charge on any atom is -0.339 e. The molecule has 2 saturated heterocycles. The maximum atomic E-state index is 12.5. The highest BCUT2D eigenvalue weighted by Crippen LogP contribution is 2.27. The van der Waals surface area contributed by atoms with Crippen LogP contribution in [0.2, 0.25) is 0 Å². The summed E-state index contributed by atoms with van der Waals surface area (Å²) < 4.78 is 0. The minimum atomic E-state index is 0.290.